The Balaban J connectivity index is 2.10. The number of hydrogen-bond donors (Lipinski definition) is 2. The van der Waals surface area contributed by atoms with E-state index in [9.17, 15) is 27.6 Å². The summed E-state index contributed by atoms with van der Waals surface area (Å²) in [6.07, 6.45) is 0.268. The molecule has 6 nitrogen and oxygen atoms in total. The molecule has 1 atom stereocenters. The lowest BCUT2D eigenvalue weighted by atomic mass is 9.85. The molecule has 33 heavy (non-hydrogen) atoms. The normalized spacial score (nSPS) is 16.8. The van der Waals surface area contributed by atoms with Crippen LogP contribution in [0.5, 0.6) is 0 Å². The van der Waals surface area contributed by atoms with Crippen LogP contribution in [-0.4, -0.2) is 29.4 Å². The van der Waals surface area contributed by atoms with Crippen molar-refractivity contribution in [1.29, 1.82) is 0 Å². The fourth-order valence-corrected chi connectivity index (χ4v) is 3.81. The highest BCUT2D eigenvalue weighted by Crippen LogP contribution is 2.29. The second-order valence-corrected chi connectivity index (χ2v) is 9.74. The van der Waals surface area contributed by atoms with E-state index < -0.39 is 29.5 Å². The number of alkyl halides is 3. The highest BCUT2D eigenvalue weighted by Gasteiger charge is 2.33. The Morgan fingerprint density at radius 3 is 2.30 bits per heavy atom. The van der Waals surface area contributed by atoms with E-state index >= 15 is 0 Å². The lowest BCUT2D eigenvalue weighted by molar-refractivity contribution is -0.141. The van der Waals surface area contributed by atoms with Crippen molar-refractivity contribution in [3.63, 3.8) is 0 Å². The zero-order valence-corrected chi connectivity index (χ0v) is 19.5. The van der Waals surface area contributed by atoms with Gasteiger partial charge in [0.25, 0.3) is 0 Å². The summed E-state index contributed by atoms with van der Waals surface area (Å²) in [5.74, 6) is -2.26. The fraction of sp³-hybridized carbons (Fsp3) is 0.583. The second-order valence-electron chi connectivity index (χ2n) is 9.74. The van der Waals surface area contributed by atoms with Gasteiger partial charge in [-0.3, -0.25) is 14.4 Å². The first-order valence-corrected chi connectivity index (χ1v) is 11.1. The molecule has 1 unspecified atom stereocenters. The number of benzene rings is 1. The summed E-state index contributed by atoms with van der Waals surface area (Å²) in [6.45, 7) is 7.12. The van der Waals surface area contributed by atoms with Gasteiger partial charge in [-0.25, -0.2) is 5.43 Å². The van der Waals surface area contributed by atoms with Crippen LogP contribution in [0, 0.1) is 11.3 Å². The SMILES string of the molecule is C/C(=N\NC(=O)C(=O)C(CC(C)(C)C)NC(=O)C1CCCCC1)c1cccc(C(F)(F)F)c1. The van der Waals surface area contributed by atoms with E-state index in [1.807, 2.05) is 20.8 Å². The zero-order valence-electron chi connectivity index (χ0n) is 19.5. The minimum absolute atomic E-state index is 0.112. The predicted octanol–water partition coefficient (Wildman–Crippen LogP) is 4.62. The average Bonchev–Trinajstić information content (AvgIpc) is 2.75. The van der Waals surface area contributed by atoms with E-state index in [4.69, 9.17) is 0 Å². The van der Waals surface area contributed by atoms with Crippen LogP contribution in [0.1, 0.15) is 77.3 Å². The Bertz CT molecular complexity index is 898. The van der Waals surface area contributed by atoms with Crippen LogP contribution < -0.4 is 10.7 Å². The first-order chi connectivity index (χ1) is 15.3. The number of Topliss-reactive ketones (excluding diaryl/α,β-unsaturated/α-hetero) is 1. The van der Waals surface area contributed by atoms with E-state index in [0.29, 0.717) is 0 Å². The van der Waals surface area contributed by atoms with Gasteiger partial charge in [0.15, 0.2) is 0 Å². The molecule has 2 rings (SSSR count). The van der Waals surface area contributed by atoms with Gasteiger partial charge in [0, 0.05) is 5.92 Å². The lowest BCUT2D eigenvalue weighted by Crippen LogP contribution is -2.50. The maximum atomic E-state index is 12.9. The topological polar surface area (TPSA) is 87.6 Å². The summed E-state index contributed by atoms with van der Waals surface area (Å²) < 4.78 is 38.8. The standard InChI is InChI=1S/C24H32F3N3O3/c1-15(17-11-8-12-18(13-17)24(25,26)27)29-30-22(33)20(31)19(14-23(2,3)4)28-21(32)16-9-6-5-7-10-16/h8,11-13,16,19H,5-7,9-10,14H2,1-4H3,(H,28,32)(H,30,33)/b29-15+. The average molecular weight is 468 g/mol. The summed E-state index contributed by atoms with van der Waals surface area (Å²) >= 11 is 0. The molecule has 2 N–H and O–H groups in total. The van der Waals surface area contributed by atoms with Crippen LogP contribution in [0.25, 0.3) is 0 Å². The van der Waals surface area contributed by atoms with E-state index in [-0.39, 0.29) is 34.9 Å². The lowest BCUT2D eigenvalue weighted by Gasteiger charge is -2.28. The summed E-state index contributed by atoms with van der Waals surface area (Å²) in [4.78, 5) is 38.0. The Kier molecular flexibility index (Phi) is 8.80. The van der Waals surface area contributed by atoms with Crippen molar-refractivity contribution in [2.24, 2.45) is 16.4 Å². The van der Waals surface area contributed by atoms with Crippen molar-refractivity contribution in [1.82, 2.24) is 10.7 Å². The summed E-state index contributed by atoms with van der Waals surface area (Å²) in [5.41, 5.74) is 1.22. The molecule has 1 aromatic rings. The molecule has 0 saturated heterocycles. The number of nitrogens with zero attached hydrogens (tertiary/aromatic N) is 1. The maximum Gasteiger partial charge on any atom is 0.416 e. The third-order valence-corrected chi connectivity index (χ3v) is 5.58. The number of amides is 2. The van der Waals surface area contributed by atoms with Crippen molar-refractivity contribution in [2.75, 3.05) is 0 Å². The van der Waals surface area contributed by atoms with Gasteiger partial charge >= 0.3 is 12.1 Å². The zero-order chi connectivity index (χ0) is 24.8. The van der Waals surface area contributed by atoms with Gasteiger partial charge in [0.1, 0.15) is 0 Å². The number of rotatable bonds is 7. The molecular formula is C24H32F3N3O3. The number of carbonyl (C=O) groups excluding carboxylic acids is 3. The van der Waals surface area contributed by atoms with Crippen LogP contribution in [-0.2, 0) is 20.6 Å². The molecule has 9 heteroatoms. The molecule has 0 aromatic heterocycles. The van der Waals surface area contributed by atoms with Gasteiger partial charge in [-0.1, -0.05) is 52.2 Å². The monoisotopic (exact) mass is 467 g/mol. The number of ketones is 1. The third-order valence-electron chi connectivity index (χ3n) is 5.58. The molecule has 2 amide bonds. The number of halogens is 3. The molecule has 1 aliphatic carbocycles. The molecule has 1 aromatic carbocycles. The minimum atomic E-state index is -4.51. The van der Waals surface area contributed by atoms with Crippen LogP contribution in [0.15, 0.2) is 29.4 Å². The van der Waals surface area contributed by atoms with Gasteiger partial charge in [-0.2, -0.15) is 18.3 Å². The van der Waals surface area contributed by atoms with Crippen LogP contribution in [0.3, 0.4) is 0 Å². The third kappa shape index (κ3) is 8.29. The first-order valence-electron chi connectivity index (χ1n) is 11.1. The number of carbonyl (C=O) groups is 3. The molecule has 0 bridgehead atoms. The van der Waals surface area contributed by atoms with Crippen molar-refractivity contribution >= 4 is 23.3 Å². The highest BCUT2D eigenvalue weighted by molar-refractivity contribution is 6.38. The van der Waals surface area contributed by atoms with E-state index in [1.165, 1.54) is 19.1 Å². The van der Waals surface area contributed by atoms with E-state index in [1.54, 1.807) is 0 Å². The first kappa shape index (κ1) is 26.5. The Morgan fingerprint density at radius 2 is 1.73 bits per heavy atom. The van der Waals surface area contributed by atoms with Crippen molar-refractivity contribution in [2.45, 2.75) is 78.4 Å². The van der Waals surface area contributed by atoms with Crippen LogP contribution >= 0.6 is 0 Å². The van der Waals surface area contributed by atoms with Crippen LogP contribution in [0.2, 0.25) is 0 Å². The summed E-state index contributed by atoms with van der Waals surface area (Å²) in [6, 6.07) is 3.51. The number of hydrogen-bond acceptors (Lipinski definition) is 4. The highest BCUT2D eigenvalue weighted by atomic mass is 19.4. The van der Waals surface area contributed by atoms with E-state index in [2.05, 4.69) is 15.8 Å². The van der Waals surface area contributed by atoms with Crippen molar-refractivity contribution in [3.8, 4) is 0 Å². The Hall–Kier alpha value is -2.71. The summed E-state index contributed by atoms with van der Waals surface area (Å²) in [7, 11) is 0. The van der Waals surface area contributed by atoms with Gasteiger partial charge in [-0.15, -0.1) is 0 Å². The molecule has 0 radical (unpaired) electrons. The van der Waals surface area contributed by atoms with Crippen LogP contribution in [0.4, 0.5) is 13.2 Å². The molecule has 0 heterocycles. The predicted molar refractivity (Wildman–Crippen MR) is 119 cm³/mol. The molecular weight excluding hydrogens is 435 g/mol. The molecule has 0 aliphatic heterocycles. The number of hydrazone groups is 1. The Morgan fingerprint density at radius 1 is 1.09 bits per heavy atom. The molecule has 0 spiro atoms. The molecule has 182 valence electrons. The van der Waals surface area contributed by atoms with Gasteiger partial charge in [0.2, 0.25) is 11.7 Å². The minimum Gasteiger partial charge on any atom is -0.345 e. The van der Waals surface area contributed by atoms with Gasteiger partial charge in [0.05, 0.1) is 17.3 Å². The summed E-state index contributed by atoms with van der Waals surface area (Å²) in [5, 5.41) is 6.55. The smallest absolute Gasteiger partial charge is 0.345 e. The largest absolute Gasteiger partial charge is 0.416 e. The quantitative estimate of drug-likeness (QED) is 0.349. The van der Waals surface area contributed by atoms with Gasteiger partial charge in [-0.05, 0) is 49.3 Å². The maximum absolute atomic E-state index is 12.9. The van der Waals surface area contributed by atoms with Crippen molar-refractivity contribution in [3.05, 3.63) is 35.4 Å². The number of nitrogens with one attached hydrogen (secondary N) is 2. The van der Waals surface area contributed by atoms with Crippen molar-refractivity contribution < 1.29 is 27.6 Å². The van der Waals surface area contributed by atoms with Gasteiger partial charge < -0.3 is 5.32 Å². The molecule has 1 aliphatic rings. The fourth-order valence-electron chi connectivity index (χ4n) is 3.81. The second kappa shape index (κ2) is 10.9. The van der Waals surface area contributed by atoms with E-state index in [0.717, 1.165) is 44.2 Å². The molecule has 1 saturated carbocycles. The Labute approximate surface area is 192 Å². The molecule has 1 fully saturated rings.